The summed E-state index contributed by atoms with van der Waals surface area (Å²) in [5.74, 6) is -0.888. The molecular formula is C56H61N7O10. The number of hydrogen-bond donors (Lipinski definition) is 7. The average Bonchev–Trinajstić information content (AvgIpc) is 3.42. The SMILES string of the molecule is O=C(NCCCC[C@@H](NC(=O)OCc1ccccc1)C(=O)Nc1ccc(Nc2ccc(NC(=O)[C@@H](CCCCNC(=O)OCc3ccccc3)NC(=O)OCc3ccccc3)cc2)cc1)OCc1ccccc1. The van der Waals surface area contributed by atoms with Crippen LogP contribution < -0.4 is 37.2 Å². The summed E-state index contributed by atoms with van der Waals surface area (Å²) in [5.41, 5.74) is 5.74. The Bertz CT molecular complexity index is 2450. The monoisotopic (exact) mass is 991 g/mol. The van der Waals surface area contributed by atoms with E-state index in [1.807, 2.05) is 121 Å². The van der Waals surface area contributed by atoms with Gasteiger partial charge in [-0.05, 0) is 109 Å². The van der Waals surface area contributed by atoms with Gasteiger partial charge in [0, 0.05) is 35.8 Å². The van der Waals surface area contributed by atoms with Crippen LogP contribution in [0.1, 0.15) is 60.8 Å². The lowest BCUT2D eigenvalue weighted by Gasteiger charge is -2.19. The zero-order valence-electron chi connectivity index (χ0n) is 40.4. The number of hydrogen-bond acceptors (Lipinski definition) is 11. The molecule has 6 aromatic carbocycles. The van der Waals surface area contributed by atoms with Crippen molar-refractivity contribution in [1.29, 1.82) is 0 Å². The molecule has 6 rings (SSSR count). The van der Waals surface area contributed by atoms with E-state index in [9.17, 15) is 28.8 Å². The van der Waals surface area contributed by atoms with E-state index in [1.54, 1.807) is 48.5 Å². The number of ether oxygens (including phenoxy) is 4. The number of unbranched alkanes of at least 4 members (excludes halogenated alkanes) is 2. The van der Waals surface area contributed by atoms with E-state index in [2.05, 4.69) is 37.2 Å². The molecule has 0 saturated carbocycles. The Morgan fingerprint density at radius 3 is 0.945 bits per heavy atom. The van der Waals surface area contributed by atoms with Gasteiger partial charge in [0.1, 0.15) is 38.5 Å². The zero-order chi connectivity index (χ0) is 51.3. The third-order valence-electron chi connectivity index (χ3n) is 11.0. The molecule has 73 heavy (non-hydrogen) atoms. The normalized spacial score (nSPS) is 11.3. The molecule has 0 fully saturated rings. The van der Waals surface area contributed by atoms with Gasteiger partial charge in [-0.25, -0.2) is 19.2 Å². The minimum atomic E-state index is -0.935. The van der Waals surface area contributed by atoms with Crippen LogP contribution in [-0.2, 0) is 55.0 Å². The number of alkyl carbamates (subject to hydrolysis) is 4. The number of amides is 6. The summed E-state index contributed by atoms with van der Waals surface area (Å²) in [6.07, 6.45) is 0.0131. The fraction of sp³-hybridized carbons (Fsp3) is 0.250. The van der Waals surface area contributed by atoms with Crippen molar-refractivity contribution in [2.75, 3.05) is 29.0 Å². The van der Waals surface area contributed by atoms with E-state index in [-0.39, 0.29) is 39.3 Å². The van der Waals surface area contributed by atoms with Crippen molar-refractivity contribution in [3.05, 3.63) is 192 Å². The summed E-state index contributed by atoms with van der Waals surface area (Å²) in [4.78, 5) is 77.2. The minimum Gasteiger partial charge on any atom is -0.445 e. The summed E-state index contributed by atoms with van der Waals surface area (Å²) in [7, 11) is 0. The molecule has 0 saturated heterocycles. The topological polar surface area (TPSA) is 224 Å². The van der Waals surface area contributed by atoms with Crippen molar-refractivity contribution in [3.8, 4) is 0 Å². The van der Waals surface area contributed by atoms with Gasteiger partial charge in [-0.3, -0.25) is 9.59 Å². The minimum absolute atomic E-state index is 0.0332. The second kappa shape index (κ2) is 30.0. The molecule has 17 nitrogen and oxygen atoms in total. The second-order valence-corrected chi connectivity index (χ2v) is 16.7. The van der Waals surface area contributed by atoms with Crippen LogP contribution in [0.5, 0.6) is 0 Å². The van der Waals surface area contributed by atoms with E-state index in [1.165, 1.54) is 0 Å². The Labute approximate surface area is 424 Å². The van der Waals surface area contributed by atoms with Crippen LogP contribution in [0.2, 0.25) is 0 Å². The van der Waals surface area contributed by atoms with Crippen molar-refractivity contribution in [3.63, 3.8) is 0 Å². The number of anilines is 4. The Kier molecular flexibility index (Phi) is 22.0. The average molecular weight is 992 g/mol. The van der Waals surface area contributed by atoms with Gasteiger partial charge >= 0.3 is 24.4 Å². The molecule has 7 N–H and O–H groups in total. The molecular weight excluding hydrogens is 931 g/mol. The molecule has 0 aliphatic heterocycles. The summed E-state index contributed by atoms with van der Waals surface area (Å²) >= 11 is 0. The Hall–Kier alpha value is -8.86. The van der Waals surface area contributed by atoms with Gasteiger partial charge in [0.05, 0.1) is 0 Å². The summed E-state index contributed by atoms with van der Waals surface area (Å²) in [6.45, 7) is 0.992. The fourth-order valence-electron chi connectivity index (χ4n) is 7.13. The fourth-order valence-corrected chi connectivity index (χ4v) is 7.13. The van der Waals surface area contributed by atoms with Crippen molar-refractivity contribution in [2.45, 2.75) is 77.0 Å². The second-order valence-electron chi connectivity index (χ2n) is 16.7. The van der Waals surface area contributed by atoms with Gasteiger partial charge in [0.2, 0.25) is 11.8 Å². The predicted octanol–water partition coefficient (Wildman–Crippen LogP) is 10.1. The summed E-state index contributed by atoms with van der Waals surface area (Å²) in [5, 5.41) is 19.9. The molecule has 0 spiro atoms. The molecule has 6 aromatic rings. The Morgan fingerprint density at radius 2 is 0.630 bits per heavy atom. The van der Waals surface area contributed by atoms with Crippen LogP contribution in [0.15, 0.2) is 170 Å². The predicted molar refractivity (Wildman–Crippen MR) is 277 cm³/mol. The smallest absolute Gasteiger partial charge is 0.408 e. The third-order valence-corrected chi connectivity index (χ3v) is 11.0. The van der Waals surface area contributed by atoms with E-state index in [0.717, 1.165) is 22.3 Å². The molecule has 2 atom stereocenters. The van der Waals surface area contributed by atoms with Crippen molar-refractivity contribution >= 4 is 58.9 Å². The molecule has 0 radical (unpaired) electrons. The van der Waals surface area contributed by atoms with E-state index in [0.29, 0.717) is 61.5 Å². The van der Waals surface area contributed by atoms with Crippen LogP contribution in [0.3, 0.4) is 0 Å². The van der Waals surface area contributed by atoms with E-state index in [4.69, 9.17) is 18.9 Å². The highest BCUT2D eigenvalue weighted by Crippen LogP contribution is 2.22. The molecule has 0 aliphatic carbocycles. The molecule has 0 aliphatic rings. The van der Waals surface area contributed by atoms with Gasteiger partial charge in [-0.1, -0.05) is 121 Å². The molecule has 0 heterocycles. The van der Waals surface area contributed by atoms with Crippen LogP contribution in [0.4, 0.5) is 41.9 Å². The molecule has 17 heteroatoms. The van der Waals surface area contributed by atoms with Crippen LogP contribution in [0, 0.1) is 0 Å². The Balaban J connectivity index is 0.968. The van der Waals surface area contributed by atoms with Gasteiger partial charge in [0.25, 0.3) is 0 Å². The van der Waals surface area contributed by atoms with Crippen LogP contribution in [-0.4, -0.2) is 61.4 Å². The first kappa shape index (κ1) is 53.5. The van der Waals surface area contributed by atoms with Gasteiger partial charge < -0.3 is 56.2 Å². The standard InChI is InChI=1S/C56H61N7O10/c64-51(49(62-55(68)72-39-43-21-9-3-10-22-43)25-13-15-35-57-53(66)70-37-41-17-5-1-6-18-41)60-47-31-27-45(28-32-47)59-46-29-33-48(34-30-46)61-52(65)50(63-56(69)73-40-44-23-11-4-12-24-44)26-14-16-36-58-54(67)71-38-42-19-7-2-8-20-42/h1-12,17-24,27-34,49-50,59H,13-16,25-26,35-40H2,(H,57,66)(H,58,67)(H,60,64)(H,61,65)(H,62,68)(H,63,69)/t49-,50-/m1/s1. The van der Waals surface area contributed by atoms with E-state index >= 15 is 0 Å². The maximum Gasteiger partial charge on any atom is 0.408 e. The first-order valence-electron chi connectivity index (χ1n) is 24.1. The molecule has 0 aromatic heterocycles. The molecule has 6 amide bonds. The lowest BCUT2D eigenvalue weighted by Crippen LogP contribution is -2.44. The number of nitrogens with one attached hydrogen (secondary N) is 7. The van der Waals surface area contributed by atoms with Gasteiger partial charge in [-0.15, -0.1) is 0 Å². The lowest BCUT2D eigenvalue weighted by molar-refractivity contribution is -0.119. The van der Waals surface area contributed by atoms with Crippen molar-refractivity contribution < 1.29 is 47.7 Å². The van der Waals surface area contributed by atoms with Crippen LogP contribution >= 0.6 is 0 Å². The van der Waals surface area contributed by atoms with Crippen molar-refractivity contribution in [1.82, 2.24) is 21.3 Å². The highest BCUT2D eigenvalue weighted by molar-refractivity contribution is 5.97. The first-order valence-corrected chi connectivity index (χ1v) is 24.1. The number of benzene rings is 6. The number of rotatable bonds is 26. The van der Waals surface area contributed by atoms with E-state index < -0.39 is 48.3 Å². The highest BCUT2D eigenvalue weighted by Gasteiger charge is 2.23. The first-order chi connectivity index (χ1) is 35.6. The van der Waals surface area contributed by atoms with Gasteiger partial charge in [0.15, 0.2) is 0 Å². The maximum absolute atomic E-state index is 13.6. The van der Waals surface area contributed by atoms with Gasteiger partial charge in [-0.2, -0.15) is 0 Å². The summed E-state index contributed by atoms with van der Waals surface area (Å²) in [6, 6.07) is 49.2. The molecule has 0 unspecified atom stereocenters. The third kappa shape index (κ3) is 20.6. The zero-order valence-corrected chi connectivity index (χ0v) is 40.4. The largest absolute Gasteiger partial charge is 0.445 e. The highest BCUT2D eigenvalue weighted by atomic mass is 16.6. The Morgan fingerprint density at radius 1 is 0.342 bits per heavy atom. The van der Waals surface area contributed by atoms with Crippen LogP contribution in [0.25, 0.3) is 0 Å². The maximum atomic E-state index is 13.6. The number of carbonyl (C=O) groups excluding carboxylic acids is 6. The lowest BCUT2D eigenvalue weighted by atomic mass is 10.1. The molecule has 380 valence electrons. The quantitative estimate of drug-likeness (QED) is 0.0200. The molecule has 0 bridgehead atoms. The number of carbonyl (C=O) groups is 6. The van der Waals surface area contributed by atoms with Crippen molar-refractivity contribution in [2.24, 2.45) is 0 Å². The summed E-state index contributed by atoms with van der Waals surface area (Å²) < 4.78 is 21.3.